The van der Waals surface area contributed by atoms with Gasteiger partial charge in [0.1, 0.15) is 35.3 Å². The van der Waals surface area contributed by atoms with Gasteiger partial charge in [0.15, 0.2) is 0 Å². The second-order valence-corrected chi connectivity index (χ2v) is 10.3. The number of amides is 2. The van der Waals surface area contributed by atoms with Crippen LogP contribution in [0.1, 0.15) is 51.1 Å². The first kappa shape index (κ1) is 25.0. The van der Waals surface area contributed by atoms with Gasteiger partial charge in [-0.15, -0.1) is 0 Å². The molecule has 196 valence electrons. The van der Waals surface area contributed by atoms with Crippen molar-refractivity contribution in [2.75, 3.05) is 18.4 Å². The molecule has 0 radical (unpaired) electrons. The number of nitrogens with zero attached hydrogens (tertiary/aromatic N) is 5. The Kier molecular flexibility index (Phi) is 6.28. The zero-order valence-corrected chi connectivity index (χ0v) is 20.6. The Labute approximate surface area is 211 Å². The third-order valence-corrected chi connectivity index (χ3v) is 6.53. The van der Waals surface area contributed by atoms with Crippen LogP contribution in [0.15, 0.2) is 30.6 Å². The van der Waals surface area contributed by atoms with E-state index in [-0.39, 0.29) is 36.6 Å². The molecule has 2 aliphatic heterocycles. The number of anilines is 1. The van der Waals surface area contributed by atoms with Crippen LogP contribution in [0.3, 0.4) is 0 Å². The van der Waals surface area contributed by atoms with Gasteiger partial charge in [0.2, 0.25) is 12.3 Å². The van der Waals surface area contributed by atoms with Gasteiger partial charge >= 0.3 is 6.09 Å². The molecular weight excluding hydrogens is 489 g/mol. The topological polar surface area (TPSA) is 102 Å². The fourth-order valence-corrected chi connectivity index (χ4v) is 4.91. The van der Waals surface area contributed by atoms with E-state index < -0.39 is 48.6 Å². The Bertz CT molecular complexity index is 1360. The Balaban J connectivity index is 1.53. The van der Waals surface area contributed by atoms with E-state index in [1.165, 1.54) is 11.2 Å². The molecule has 37 heavy (non-hydrogen) atoms. The molecule has 3 atom stereocenters. The molecule has 1 fully saturated rings. The number of piperidine rings is 1. The number of fused-ring (bicyclic) bond motifs is 2. The van der Waals surface area contributed by atoms with Crippen molar-refractivity contribution in [1.82, 2.24) is 24.6 Å². The van der Waals surface area contributed by atoms with Crippen LogP contribution in [0.4, 0.5) is 23.8 Å². The van der Waals surface area contributed by atoms with Gasteiger partial charge in [-0.3, -0.25) is 9.48 Å². The van der Waals surface area contributed by atoms with Crippen LogP contribution in [-0.4, -0.2) is 67.9 Å². The normalized spacial score (nSPS) is 22.2. The van der Waals surface area contributed by atoms with Crippen molar-refractivity contribution in [2.45, 2.75) is 63.8 Å². The Hall–Kier alpha value is -3.70. The zero-order chi connectivity index (χ0) is 26.5. The molecule has 3 aromatic rings. The first-order valence-corrected chi connectivity index (χ1v) is 12.1. The van der Waals surface area contributed by atoms with Gasteiger partial charge in [0.05, 0.1) is 24.0 Å². The summed E-state index contributed by atoms with van der Waals surface area (Å²) in [6.45, 7) is 5.35. The number of rotatable bonds is 3. The maximum Gasteiger partial charge on any atom is 0.410 e. The van der Waals surface area contributed by atoms with E-state index >= 15 is 4.39 Å². The lowest BCUT2D eigenvalue weighted by Crippen LogP contribution is -2.47. The lowest BCUT2D eigenvalue weighted by Gasteiger charge is -2.35. The molecule has 0 saturated carbocycles. The summed E-state index contributed by atoms with van der Waals surface area (Å²) < 4.78 is 50.4. The number of hydrogen-bond acceptors (Lipinski definition) is 6. The summed E-state index contributed by atoms with van der Waals surface area (Å²) in [6, 6.07) is 6.41. The average Bonchev–Trinajstić information content (AvgIpc) is 3.21. The van der Waals surface area contributed by atoms with Crippen molar-refractivity contribution in [3.63, 3.8) is 0 Å². The SMILES string of the molecule is CC(C)(C)OC(=O)N1CC[C@H](n2nc(-c3ncnc4c3C(C(F)F)CC(=O)N4)c3ccccc32)[C@H](F)C1. The number of para-hydroxylation sites is 1. The summed E-state index contributed by atoms with van der Waals surface area (Å²) in [5.41, 5.74) is 0.504. The number of halogens is 3. The molecule has 1 saturated heterocycles. The van der Waals surface area contributed by atoms with Crippen LogP contribution in [0.5, 0.6) is 0 Å². The molecule has 0 aliphatic carbocycles. The molecule has 2 aliphatic rings. The van der Waals surface area contributed by atoms with E-state index in [0.29, 0.717) is 16.6 Å². The van der Waals surface area contributed by atoms with Crippen LogP contribution in [-0.2, 0) is 9.53 Å². The number of ether oxygens (including phenoxy) is 1. The maximum atomic E-state index is 15.5. The number of benzene rings is 1. The number of likely N-dealkylation sites (tertiary alicyclic amines) is 1. The summed E-state index contributed by atoms with van der Waals surface area (Å²) in [4.78, 5) is 34.1. The third kappa shape index (κ3) is 4.72. The van der Waals surface area contributed by atoms with Crippen molar-refractivity contribution < 1.29 is 27.5 Å². The van der Waals surface area contributed by atoms with Crippen molar-refractivity contribution in [2.24, 2.45) is 0 Å². The third-order valence-electron chi connectivity index (χ3n) is 6.53. The minimum absolute atomic E-state index is 0.0271. The van der Waals surface area contributed by atoms with E-state index in [2.05, 4.69) is 20.4 Å². The number of hydrogen-bond donors (Lipinski definition) is 1. The quantitative estimate of drug-likeness (QED) is 0.541. The molecule has 9 nitrogen and oxygen atoms in total. The van der Waals surface area contributed by atoms with Crippen LogP contribution in [0.2, 0.25) is 0 Å². The van der Waals surface area contributed by atoms with E-state index in [1.54, 1.807) is 49.7 Å². The number of aromatic nitrogens is 4. The summed E-state index contributed by atoms with van der Waals surface area (Å²) >= 11 is 0. The van der Waals surface area contributed by atoms with Crippen molar-refractivity contribution in [3.8, 4) is 11.4 Å². The predicted molar refractivity (Wildman–Crippen MR) is 129 cm³/mol. The first-order valence-electron chi connectivity index (χ1n) is 12.1. The Morgan fingerprint density at radius 3 is 2.65 bits per heavy atom. The Morgan fingerprint density at radius 2 is 1.95 bits per heavy atom. The predicted octanol–water partition coefficient (Wildman–Crippen LogP) is 4.70. The van der Waals surface area contributed by atoms with Crippen LogP contribution >= 0.6 is 0 Å². The molecule has 4 heterocycles. The van der Waals surface area contributed by atoms with Crippen molar-refractivity contribution >= 4 is 28.7 Å². The maximum absolute atomic E-state index is 15.5. The summed E-state index contributed by atoms with van der Waals surface area (Å²) in [7, 11) is 0. The smallest absolute Gasteiger partial charge is 0.410 e. The molecule has 5 rings (SSSR count). The number of carbonyl (C=O) groups is 2. The molecule has 0 bridgehead atoms. The van der Waals surface area contributed by atoms with E-state index in [9.17, 15) is 18.4 Å². The fourth-order valence-electron chi connectivity index (χ4n) is 4.91. The second-order valence-electron chi connectivity index (χ2n) is 10.3. The minimum atomic E-state index is -2.81. The summed E-state index contributed by atoms with van der Waals surface area (Å²) in [6.07, 6.45) is -3.76. The molecule has 12 heteroatoms. The highest BCUT2D eigenvalue weighted by molar-refractivity contribution is 5.98. The van der Waals surface area contributed by atoms with Crippen LogP contribution in [0, 0.1) is 0 Å². The van der Waals surface area contributed by atoms with Gasteiger partial charge in [-0.2, -0.15) is 5.10 Å². The van der Waals surface area contributed by atoms with Crippen molar-refractivity contribution in [3.05, 3.63) is 36.2 Å². The molecule has 0 spiro atoms. The molecular formula is C25H27F3N6O3. The van der Waals surface area contributed by atoms with Gasteiger partial charge in [-0.25, -0.2) is 27.9 Å². The highest BCUT2D eigenvalue weighted by Gasteiger charge is 2.39. The van der Waals surface area contributed by atoms with E-state index in [0.717, 1.165) is 0 Å². The standard InChI is InChI=1S/C25H27F3N6O3/c1-25(2,3)37-24(36)33-9-8-17(15(26)11-33)34-16-7-5-4-6-13(16)20(32-34)21-19-14(22(27)28)10-18(35)31-23(19)30-12-29-21/h4-7,12,14-15,17,22H,8-11H2,1-3H3,(H,29,30,31,35)/t14?,15-,17+/m1/s1. The van der Waals surface area contributed by atoms with E-state index in [1.807, 2.05) is 0 Å². The lowest BCUT2D eigenvalue weighted by atomic mass is 9.90. The van der Waals surface area contributed by atoms with Gasteiger partial charge < -0.3 is 15.0 Å². The summed E-state index contributed by atoms with van der Waals surface area (Å²) in [5.74, 6) is -1.91. The number of carbonyl (C=O) groups excluding carboxylic acids is 2. The van der Waals surface area contributed by atoms with Gasteiger partial charge in [-0.05, 0) is 33.3 Å². The van der Waals surface area contributed by atoms with Gasteiger partial charge in [0.25, 0.3) is 0 Å². The van der Waals surface area contributed by atoms with Gasteiger partial charge in [-0.1, -0.05) is 18.2 Å². The highest BCUT2D eigenvalue weighted by atomic mass is 19.3. The molecule has 2 amide bonds. The van der Waals surface area contributed by atoms with Crippen molar-refractivity contribution in [1.29, 1.82) is 0 Å². The lowest BCUT2D eigenvalue weighted by molar-refractivity contribution is -0.117. The second kappa shape index (κ2) is 9.31. The first-order chi connectivity index (χ1) is 17.5. The molecule has 1 aromatic carbocycles. The number of nitrogens with one attached hydrogen (secondary N) is 1. The Morgan fingerprint density at radius 1 is 1.19 bits per heavy atom. The summed E-state index contributed by atoms with van der Waals surface area (Å²) in [5, 5.41) is 7.83. The van der Waals surface area contributed by atoms with Crippen LogP contribution in [0.25, 0.3) is 22.3 Å². The molecule has 1 N–H and O–H groups in total. The average molecular weight is 517 g/mol. The fraction of sp³-hybridized carbons (Fsp3) is 0.480. The number of alkyl halides is 3. The monoisotopic (exact) mass is 516 g/mol. The minimum Gasteiger partial charge on any atom is -0.444 e. The van der Waals surface area contributed by atoms with Crippen LogP contribution < -0.4 is 5.32 Å². The van der Waals surface area contributed by atoms with E-state index in [4.69, 9.17) is 4.74 Å². The molecule has 1 unspecified atom stereocenters. The zero-order valence-electron chi connectivity index (χ0n) is 20.6. The van der Waals surface area contributed by atoms with Gasteiger partial charge in [0, 0.05) is 23.9 Å². The molecule has 2 aromatic heterocycles. The highest BCUT2D eigenvalue weighted by Crippen LogP contribution is 2.42. The largest absolute Gasteiger partial charge is 0.444 e.